The summed E-state index contributed by atoms with van der Waals surface area (Å²) in [7, 11) is 1.43. The van der Waals surface area contributed by atoms with Crippen LogP contribution in [0.15, 0.2) is 53.5 Å². The number of anilines is 1. The summed E-state index contributed by atoms with van der Waals surface area (Å²) in [4.78, 5) is 20.3. The quantitative estimate of drug-likeness (QED) is 0.481. The van der Waals surface area contributed by atoms with E-state index >= 15 is 0 Å². The fraction of sp³-hybridized carbons (Fsp3) is 0.280. The summed E-state index contributed by atoms with van der Waals surface area (Å²) in [5.41, 5.74) is 7.82. The van der Waals surface area contributed by atoms with Gasteiger partial charge in [-0.3, -0.25) is 0 Å². The number of carbonyl (C=O) groups is 1. The van der Waals surface area contributed by atoms with E-state index < -0.39 is 0 Å². The third kappa shape index (κ3) is 4.49. The first kappa shape index (κ1) is 21.1. The maximum absolute atomic E-state index is 12.4. The molecule has 0 spiro atoms. The number of ether oxygens (including phenoxy) is 2. The van der Waals surface area contributed by atoms with Crippen LogP contribution in [0.3, 0.4) is 0 Å². The van der Waals surface area contributed by atoms with Crippen molar-refractivity contribution in [3.63, 3.8) is 0 Å². The molecular formula is C25H26N2O3S. The molecule has 0 atom stereocenters. The van der Waals surface area contributed by atoms with Crippen molar-refractivity contribution in [2.24, 2.45) is 0 Å². The molecule has 0 aliphatic carbocycles. The maximum atomic E-state index is 12.4. The lowest BCUT2D eigenvalue weighted by Crippen LogP contribution is -2.24. The van der Waals surface area contributed by atoms with Gasteiger partial charge in [-0.2, -0.15) is 0 Å². The number of methoxy groups -OCH3 is 1. The van der Waals surface area contributed by atoms with E-state index in [1.54, 1.807) is 11.3 Å². The van der Waals surface area contributed by atoms with Crippen LogP contribution < -0.4 is 9.64 Å². The Balaban J connectivity index is 1.78. The molecule has 2 heterocycles. The number of carbonyl (C=O) groups excluding carboxylic acids is 1. The minimum atomic E-state index is -0.276. The normalized spacial score (nSPS) is 13.3. The third-order valence-electron chi connectivity index (χ3n) is 5.47. The Morgan fingerprint density at radius 2 is 2.06 bits per heavy atom. The Bertz CT molecular complexity index is 1120. The van der Waals surface area contributed by atoms with Crippen LogP contribution in [0.25, 0.3) is 17.2 Å². The van der Waals surface area contributed by atoms with Gasteiger partial charge in [0.25, 0.3) is 0 Å². The lowest BCUT2D eigenvalue weighted by atomic mass is 9.99. The minimum Gasteiger partial charge on any atom is -0.493 e. The third-order valence-corrected chi connectivity index (χ3v) is 6.39. The molecule has 2 aromatic carbocycles. The fourth-order valence-corrected chi connectivity index (χ4v) is 4.65. The molecule has 160 valence electrons. The van der Waals surface area contributed by atoms with Gasteiger partial charge in [0.05, 0.1) is 31.5 Å². The summed E-state index contributed by atoms with van der Waals surface area (Å²) in [6.07, 6.45) is 2.59. The molecule has 0 saturated carbocycles. The van der Waals surface area contributed by atoms with Crippen molar-refractivity contribution in [2.45, 2.75) is 26.8 Å². The van der Waals surface area contributed by atoms with Gasteiger partial charge in [0.15, 0.2) is 0 Å². The van der Waals surface area contributed by atoms with E-state index in [9.17, 15) is 4.79 Å². The first-order valence-electron chi connectivity index (χ1n) is 10.4. The lowest BCUT2D eigenvalue weighted by Gasteiger charge is -2.25. The summed E-state index contributed by atoms with van der Waals surface area (Å²) in [6.45, 7) is 6.13. The standard InChI is InChI=1S/C25H26N2O3S/c1-4-30-23-8-6-5-7-21(23)18-9-10-22-20(13-18)14-19(25(28)29-3)11-12-27(22)15-24-17(2)26-16-31-24/h5-10,13-14,16H,4,11-12,15H2,1-3H3. The average molecular weight is 435 g/mol. The molecule has 1 aliphatic heterocycles. The van der Waals surface area contributed by atoms with E-state index in [1.807, 2.05) is 43.6 Å². The molecule has 0 unspecified atom stereocenters. The second-order valence-electron chi connectivity index (χ2n) is 7.40. The highest BCUT2D eigenvalue weighted by molar-refractivity contribution is 7.09. The number of para-hydroxylation sites is 1. The predicted octanol–water partition coefficient (Wildman–Crippen LogP) is 5.48. The lowest BCUT2D eigenvalue weighted by molar-refractivity contribution is -0.136. The van der Waals surface area contributed by atoms with Crippen molar-refractivity contribution >= 4 is 29.1 Å². The Hall–Kier alpha value is -3.12. The molecule has 3 aromatic rings. The van der Waals surface area contributed by atoms with Crippen LogP contribution in [0, 0.1) is 6.92 Å². The van der Waals surface area contributed by atoms with E-state index in [0.29, 0.717) is 18.6 Å². The highest BCUT2D eigenvalue weighted by Crippen LogP contribution is 2.36. The fourth-order valence-electron chi connectivity index (χ4n) is 3.86. The Kier molecular flexibility index (Phi) is 6.37. The van der Waals surface area contributed by atoms with Crippen LogP contribution in [-0.2, 0) is 16.1 Å². The molecule has 1 aliphatic rings. The second kappa shape index (κ2) is 9.35. The largest absolute Gasteiger partial charge is 0.493 e. The van der Waals surface area contributed by atoms with Crippen molar-refractivity contribution in [2.75, 3.05) is 25.2 Å². The molecular weight excluding hydrogens is 408 g/mol. The van der Waals surface area contributed by atoms with E-state index in [4.69, 9.17) is 9.47 Å². The number of benzene rings is 2. The number of fused-ring (bicyclic) bond motifs is 1. The van der Waals surface area contributed by atoms with E-state index in [-0.39, 0.29) is 5.97 Å². The molecule has 4 rings (SSSR count). The molecule has 0 bridgehead atoms. The molecule has 0 fully saturated rings. The number of esters is 1. The first-order chi connectivity index (χ1) is 15.1. The van der Waals surface area contributed by atoms with Gasteiger partial charge in [-0.05, 0) is 55.7 Å². The molecule has 5 nitrogen and oxygen atoms in total. The highest BCUT2D eigenvalue weighted by Gasteiger charge is 2.22. The van der Waals surface area contributed by atoms with Crippen LogP contribution >= 0.6 is 11.3 Å². The zero-order valence-corrected chi connectivity index (χ0v) is 18.9. The average Bonchev–Trinajstić information content (AvgIpc) is 3.10. The van der Waals surface area contributed by atoms with Gasteiger partial charge < -0.3 is 14.4 Å². The first-order valence-corrected chi connectivity index (χ1v) is 11.3. The van der Waals surface area contributed by atoms with Crippen molar-refractivity contribution < 1.29 is 14.3 Å². The van der Waals surface area contributed by atoms with Gasteiger partial charge in [-0.15, -0.1) is 11.3 Å². The number of hydrogen-bond donors (Lipinski definition) is 0. The Morgan fingerprint density at radius 3 is 2.81 bits per heavy atom. The summed E-state index contributed by atoms with van der Waals surface area (Å²) in [5, 5.41) is 0. The number of nitrogens with zero attached hydrogens (tertiary/aromatic N) is 2. The van der Waals surface area contributed by atoms with Gasteiger partial charge in [-0.1, -0.05) is 24.3 Å². The zero-order chi connectivity index (χ0) is 21.8. The number of aryl methyl sites for hydroxylation is 1. The van der Waals surface area contributed by atoms with Crippen molar-refractivity contribution in [1.82, 2.24) is 4.98 Å². The van der Waals surface area contributed by atoms with Gasteiger partial charge in [-0.25, -0.2) is 9.78 Å². The van der Waals surface area contributed by atoms with Gasteiger partial charge >= 0.3 is 5.97 Å². The molecule has 31 heavy (non-hydrogen) atoms. The van der Waals surface area contributed by atoms with Crippen LogP contribution in [0.2, 0.25) is 0 Å². The van der Waals surface area contributed by atoms with Crippen LogP contribution in [0.4, 0.5) is 5.69 Å². The van der Waals surface area contributed by atoms with Crippen molar-refractivity contribution in [3.05, 3.63) is 69.7 Å². The zero-order valence-electron chi connectivity index (χ0n) is 18.1. The summed E-state index contributed by atoms with van der Waals surface area (Å²) < 4.78 is 10.9. The van der Waals surface area contributed by atoms with Crippen molar-refractivity contribution in [1.29, 1.82) is 0 Å². The molecule has 0 radical (unpaired) electrons. The molecule has 0 amide bonds. The van der Waals surface area contributed by atoms with Gasteiger partial charge in [0, 0.05) is 28.2 Å². The monoisotopic (exact) mass is 434 g/mol. The predicted molar refractivity (Wildman–Crippen MR) is 126 cm³/mol. The summed E-state index contributed by atoms with van der Waals surface area (Å²) in [6, 6.07) is 14.4. The Labute approximate surface area is 187 Å². The molecule has 1 aromatic heterocycles. The van der Waals surface area contributed by atoms with Crippen LogP contribution in [0.1, 0.15) is 29.5 Å². The molecule has 0 saturated heterocycles. The number of hydrogen-bond acceptors (Lipinski definition) is 6. The SMILES string of the molecule is CCOc1ccccc1-c1ccc2c(c1)C=C(C(=O)OC)CCN2Cc1scnc1C. The highest BCUT2D eigenvalue weighted by atomic mass is 32.1. The number of rotatable bonds is 6. The number of thiazole rings is 1. The van der Waals surface area contributed by atoms with E-state index in [2.05, 4.69) is 34.1 Å². The van der Waals surface area contributed by atoms with Gasteiger partial charge in [0.2, 0.25) is 0 Å². The summed E-state index contributed by atoms with van der Waals surface area (Å²) in [5.74, 6) is 0.578. The van der Waals surface area contributed by atoms with E-state index in [0.717, 1.165) is 46.9 Å². The van der Waals surface area contributed by atoms with Crippen LogP contribution in [0.5, 0.6) is 5.75 Å². The van der Waals surface area contributed by atoms with Crippen molar-refractivity contribution in [3.8, 4) is 16.9 Å². The minimum absolute atomic E-state index is 0.276. The van der Waals surface area contributed by atoms with Gasteiger partial charge in [0.1, 0.15) is 5.75 Å². The Morgan fingerprint density at radius 1 is 1.23 bits per heavy atom. The maximum Gasteiger partial charge on any atom is 0.333 e. The van der Waals surface area contributed by atoms with E-state index in [1.165, 1.54) is 12.0 Å². The molecule has 6 heteroatoms. The van der Waals surface area contributed by atoms with Crippen LogP contribution in [-0.4, -0.2) is 31.2 Å². The summed E-state index contributed by atoms with van der Waals surface area (Å²) >= 11 is 1.67. The second-order valence-corrected chi connectivity index (χ2v) is 8.34. The smallest absolute Gasteiger partial charge is 0.333 e. The number of aromatic nitrogens is 1. The molecule has 0 N–H and O–H groups in total. The topological polar surface area (TPSA) is 51.7 Å².